The first kappa shape index (κ1) is 64.6. The van der Waals surface area contributed by atoms with Gasteiger partial charge in [-0.25, -0.2) is 4.57 Å². The summed E-state index contributed by atoms with van der Waals surface area (Å²) in [6.45, 7) is 3.33. The maximum Gasteiger partial charge on any atom is 0.472 e. The molecular weight excluding hydrogens is 888 g/mol. The Morgan fingerprint density at radius 2 is 0.765 bits per heavy atom. The Morgan fingerprint density at radius 1 is 0.441 bits per heavy atom. The fraction of sp³-hybridized carbons (Fsp3) is 0.926. The lowest BCUT2D eigenvalue weighted by atomic mass is 9.85. The van der Waals surface area contributed by atoms with E-state index in [0.29, 0.717) is 19.3 Å². The van der Waals surface area contributed by atoms with Crippen LogP contribution in [0.25, 0.3) is 0 Å². The van der Waals surface area contributed by atoms with E-state index in [1.807, 2.05) is 0 Å². The highest BCUT2D eigenvalue weighted by Crippen LogP contribution is 2.47. The first-order chi connectivity index (χ1) is 32.9. The second-order valence-electron chi connectivity index (χ2n) is 19.8. The molecule has 0 aromatic rings. The molecular formula is C54H103O13P. The zero-order chi connectivity index (χ0) is 49.9. The molecule has 1 saturated carbocycles. The molecule has 0 heterocycles. The van der Waals surface area contributed by atoms with Gasteiger partial charge in [0.05, 0.1) is 6.61 Å². The van der Waals surface area contributed by atoms with Crippen molar-refractivity contribution in [1.29, 1.82) is 0 Å². The molecule has 8 atom stereocenters. The molecule has 1 rings (SSSR count). The van der Waals surface area contributed by atoms with Crippen LogP contribution in [0.5, 0.6) is 0 Å². The molecule has 13 nitrogen and oxygen atoms in total. The third kappa shape index (κ3) is 35.7. The van der Waals surface area contributed by atoms with Crippen molar-refractivity contribution in [3.8, 4) is 0 Å². The number of carbonyl (C=O) groups excluding carboxylic acids is 2. The zero-order valence-corrected chi connectivity index (χ0v) is 44.1. The predicted molar refractivity (Wildman–Crippen MR) is 272 cm³/mol. The summed E-state index contributed by atoms with van der Waals surface area (Å²) in [6.07, 6.45) is 37.0. The van der Waals surface area contributed by atoms with Crippen LogP contribution in [0.15, 0.2) is 12.2 Å². The van der Waals surface area contributed by atoms with Crippen molar-refractivity contribution in [2.24, 2.45) is 0 Å². The number of hydrogen-bond acceptors (Lipinski definition) is 12. The summed E-state index contributed by atoms with van der Waals surface area (Å²) in [5.74, 6) is -1.12. The number of esters is 2. The molecule has 0 radical (unpaired) electrons. The molecule has 0 aliphatic heterocycles. The van der Waals surface area contributed by atoms with E-state index in [-0.39, 0.29) is 12.8 Å². The number of allylic oxidation sites excluding steroid dienone is 2. The summed E-state index contributed by atoms with van der Waals surface area (Å²) in [5, 5.41) is 50.3. The first-order valence-corrected chi connectivity index (χ1v) is 29.5. The van der Waals surface area contributed by atoms with Gasteiger partial charge in [-0.3, -0.25) is 18.6 Å². The van der Waals surface area contributed by atoms with Crippen LogP contribution in [-0.4, -0.2) is 98.3 Å². The highest BCUT2D eigenvalue weighted by molar-refractivity contribution is 7.47. The first-order valence-electron chi connectivity index (χ1n) is 28.0. The van der Waals surface area contributed by atoms with E-state index in [1.165, 1.54) is 186 Å². The lowest BCUT2D eigenvalue weighted by molar-refractivity contribution is -0.220. The van der Waals surface area contributed by atoms with Crippen molar-refractivity contribution in [1.82, 2.24) is 0 Å². The Kier molecular flexibility index (Phi) is 42.1. The number of unbranched alkanes of at least 4 members (excludes halogenated alkanes) is 34. The molecule has 0 amide bonds. The van der Waals surface area contributed by atoms with E-state index in [0.717, 1.165) is 32.1 Å². The number of phosphoric acid groups is 1. The van der Waals surface area contributed by atoms with E-state index in [2.05, 4.69) is 26.0 Å². The van der Waals surface area contributed by atoms with Gasteiger partial charge in [-0.2, -0.15) is 0 Å². The van der Waals surface area contributed by atoms with Crippen molar-refractivity contribution in [3.05, 3.63) is 12.2 Å². The summed E-state index contributed by atoms with van der Waals surface area (Å²) in [6, 6.07) is 0. The second-order valence-corrected chi connectivity index (χ2v) is 21.2. The standard InChI is InChI=1S/C54H103O13P/c1-3-5-7-9-11-13-15-17-19-21-22-23-24-25-26-27-29-30-32-34-36-38-40-42-47(55)64-44-46(45-65-68(62,63)67-54-52(60)50(58)49(57)51(59)53(54)61)66-48(56)43-41-39-37-35-33-31-28-20-18-16-14-12-10-8-6-4-2/h34,36,46,49-54,57-61H,3-33,35,37-45H2,1-2H3,(H,62,63)/b36-34+/t46-,49?,50-,51?,52?,53?,54?/m0/s1. The maximum absolute atomic E-state index is 12.9. The summed E-state index contributed by atoms with van der Waals surface area (Å²) < 4.78 is 33.7. The van der Waals surface area contributed by atoms with Gasteiger partial charge < -0.3 is 39.9 Å². The van der Waals surface area contributed by atoms with Crippen LogP contribution in [0.3, 0.4) is 0 Å². The molecule has 1 aliphatic rings. The number of phosphoric ester groups is 1. The second kappa shape index (κ2) is 44.3. The van der Waals surface area contributed by atoms with Crippen molar-refractivity contribution < 1.29 is 63.1 Å². The van der Waals surface area contributed by atoms with E-state index in [9.17, 15) is 44.6 Å². The minimum absolute atomic E-state index is 0.0978. The number of carbonyl (C=O) groups is 2. The third-order valence-electron chi connectivity index (χ3n) is 13.4. The van der Waals surface area contributed by atoms with Gasteiger partial charge in [0.25, 0.3) is 0 Å². The quantitative estimate of drug-likeness (QED) is 0.0145. The fourth-order valence-corrected chi connectivity index (χ4v) is 9.86. The number of rotatable bonds is 48. The fourth-order valence-electron chi connectivity index (χ4n) is 8.88. The molecule has 1 aliphatic carbocycles. The van der Waals surface area contributed by atoms with Gasteiger partial charge in [0, 0.05) is 12.8 Å². The minimum Gasteiger partial charge on any atom is -0.462 e. The molecule has 14 heteroatoms. The average molecular weight is 991 g/mol. The number of ether oxygens (including phenoxy) is 2. The van der Waals surface area contributed by atoms with Crippen molar-refractivity contribution in [2.45, 2.75) is 307 Å². The molecule has 68 heavy (non-hydrogen) atoms. The molecule has 6 N–H and O–H groups in total. The Labute approximate surface area is 413 Å². The van der Waals surface area contributed by atoms with Crippen LogP contribution in [0.2, 0.25) is 0 Å². The monoisotopic (exact) mass is 991 g/mol. The van der Waals surface area contributed by atoms with Crippen LogP contribution in [0, 0.1) is 0 Å². The van der Waals surface area contributed by atoms with Crippen molar-refractivity contribution in [2.75, 3.05) is 13.2 Å². The van der Waals surface area contributed by atoms with Crippen LogP contribution < -0.4 is 0 Å². The van der Waals surface area contributed by atoms with E-state index < -0.39 is 75.7 Å². The highest BCUT2D eigenvalue weighted by Gasteiger charge is 2.51. The third-order valence-corrected chi connectivity index (χ3v) is 14.3. The Bertz CT molecular complexity index is 1240. The number of hydrogen-bond donors (Lipinski definition) is 6. The predicted octanol–water partition coefficient (Wildman–Crippen LogP) is 12.6. The SMILES string of the molecule is CCCCCCCCCCCCCCCCCCCC/C=C/CCCC(=O)OC[C@@H](COP(=O)(O)OC1C(O)C(O)C(O)[C@H](O)C1O)OC(=O)CCCCCCCCCCCCCCCCCC. The molecule has 0 saturated heterocycles. The summed E-state index contributed by atoms with van der Waals surface area (Å²) in [7, 11) is -5.12. The van der Waals surface area contributed by atoms with E-state index in [1.54, 1.807) is 0 Å². The smallest absolute Gasteiger partial charge is 0.462 e. The molecule has 0 aromatic heterocycles. The topological polar surface area (TPSA) is 210 Å². The van der Waals surface area contributed by atoms with Gasteiger partial charge in [0.15, 0.2) is 6.10 Å². The molecule has 0 spiro atoms. The van der Waals surface area contributed by atoms with Gasteiger partial charge in [0.1, 0.15) is 43.2 Å². The molecule has 402 valence electrons. The highest BCUT2D eigenvalue weighted by atomic mass is 31.2. The van der Waals surface area contributed by atoms with Gasteiger partial charge in [-0.05, 0) is 32.1 Å². The van der Waals surface area contributed by atoms with Crippen LogP contribution in [-0.2, 0) is 32.7 Å². The molecule has 0 aromatic carbocycles. The Morgan fingerprint density at radius 3 is 1.16 bits per heavy atom. The van der Waals surface area contributed by atoms with Crippen molar-refractivity contribution >= 4 is 19.8 Å². The summed E-state index contributed by atoms with van der Waals surface area (Å²) in [4.78, 5) is 35.9. The minimum atomic E-state index is -5.12. The Balaban J connectivity index is 2.34. The van der Waals surface area contributed by atoms with E-state index in [4.69, 9.17) is 18.5 Å². The van der Waals surface area contributed by atoms with Gasteiger partial charge in [-0.15, -0.1) is 0 Å². The molecule has 1 fully saturated rings. The largest absolute Gasteiger partial charge is 0.472 e. The zero-order valence-electron chi connectivity index (χ0n) is 43.2. The van der Waals surface area contributed by atoms with Crippen LogP contribution >= 0.6 is 7.82 Å². The maximum atomic E-state index is 12.9. The van der Waals surface area contributed by atoms with Crippen LogP contribution in [0.1, 0.15) is 264 Å². The van der Waals surface area contributed by atoms with Gasteiger partial charge in [0.2, 0.25) is 0 Å². The molecule has 0 bridgehead atoms. The lowest BCUT2D eigenvalue weighted by Gasteiger charge is -2.41. The summed E-state index contributed by atoms with van der Waals surface area (Å²) >= 11 is 0. The van der Waals surface area contributed by atoms with Gasteiger partial charge >= 0.3 is 19.8 Å². The number of aliphatic hydroxyl groups is 5. The summed E-state index contributed by atoms with van der Waals surface area (Å²) in [5.41, 5.74) is 0. The van der Waals surface area contributed by atoms with Crippen LogP contribution in [0.4, 0.5) is 0 Å². The van der Waals surface area contributed by atoms with Crippen molar-refractivity contribution in [3.63, 3.8) is 0 Å². The lowest BCUT2D eigenvalue weighted by Crippen LogP contribution is -2.64. The Hall–Kier alpha value is -1.41. The molecule has 6 unspecified atom stereocenters. The average Bonchev–Trinajstić information content (AvgIpc) is 3.32. The number of aliphatic hydroxyl groups excluding tert-OH is 5. The van der Waals surface area contributed by atoms with E-state index >= 15 is 0 Å². The normalized spacial score (nSPS) is 21.0. The van der Waals surface area contributed by atoms with Gasteiger partial charge in [-0.1, -0.05) is 231 Å².